The van der Waals surface area contributed by atoms with Crippen LogP contribution in [0.3, 0.4) is 0 Å². The smallest absolute Gasteiger partial charge is 0.252 e. The van der Waals surface area contributed by atoms with Gasteiger partial charge in [-0.15, -0.1) is 0 Å². The van der Waals surface area contributed by atoms with Crippen molar-refractivity contribution in [3.05, 3.63) is 42.2 Å². The summed E-state index contributed by atoms with van der Waals surface area (Å²) in [7, 11) is 0. The number of rotatable bonds is 1. The van der Waals surface area contributed by atoms with E-state index >= 15 is 0 Å². The molecule has 0 aliphatic rings. The first-order chi connectivity index (χ1) is 7.75. The number of fused-ring (bicyclic) bond motifs is 3. The van der Waals surface area contributed by atoms with E-state index in [1.54, 1.807) is 24.5 Å². The highest BCUT2D eigenvalue weighted by molar-refractivity contribution is 6.67. The molecule has 0 aliphatic heterocycles. The molecule has 3 nitrogen and oxygen atoms in total. The number of carbonyl (C=O) groups excluding carboxylic acids is 1. The van der Waals surface area contributed by atoms with Gasteiger partial charge in [0.05, 0.1) is 11.7 Å². The summed E-state index contributed by atoms with van der Waals surface area (Å²) in [5.74, 6) is 0. The maximum atomic E-state index is 11.1. The highest BCUT2D eigenvalue weighted by atomic mass is 35.5. The van der Waals surface area contributed by atoms with Crippen molar-refractivity contribution in [3.8, 4) is 0 Å². The molecule has 4 heteroatoms. The number of H-pyrrole nitrogens is 1. The first kappa shape index (κ1) is 9.36. The minimum atomic E-state index is -0.440. The van der Waals surface area contributed by atoms with Gasteiger partial charge in [0.1, 0.15) is 0 Å². The largest absolute Gasteiger partial charge is 0.353 e. The summed E-state index contributed by atoms with van der Waals surface area (Å²) in [6, 6.07) is 7.27. The van der Waals surface area contributed by atoms with E-state index in [1.165, 1.54) is 0 Å². The highest BCUT2D eigenvalue weighted by Crippen LogP contribution is 2.25. The van der Waals surface area contributed by atoms with Gasteiger partial charge in [-0.25, -0.2) is 0 Å². The molecule has 0 fully saturated rings. The molecule has 0 radical (unpaired) electrons. The second-order valence-electron chi connectivity index (χ2n) is 3.58. The lowest BCUT2D eigenvalue weighted by molar-refractivity contribution is 0.108. The van der Waals surface area contributed by atoms with Crippen LogP contribution in [0.5, 0.6) is 0 Å². The van der Waals surface area contributed by atoms with Crippen LogP contribution in [0.4, 0.5) is 0 Å². The molecule has 1 aromatic carbocycles. The standard InChI is InChI=1S/C12H7ClN2O/c13-12(16)7-1-2-10-9(5-7)8-3-4-14-6-11(8)15-10/h1-6,15H. The van der Waals surface area contributed by atoms with Crippen LogP contribution in [0.1, 0.15) is 10.4 Å². The number of halogens is 1. The molecule has 3 rings (SSSR count). The van der Waals surface area contributed by atoms with Crippen molar-refractivity contribution in [1.82, 2.24) is 9.97 Å². The van der Waals surface area contributed by atoms with Crippen molar-refractivity contribution in [2.75, 3.05) is 0 Å². The van der Waals surface area contributed by atoms with E-state index in [0.717, 1.165) is 21.8 Å². The molecule has 0 atom stereocenters. The Bertz CT molecular complexity index is 702. The van der Waals surface area contributed by atoms with Crippen LogP contribution in [0.15, 0.2) is 36.7 Å². The van der Waals surface area contributed by atoms with Crippen molar-refractivity contribution in [2.45, 2.75) is 0 Å². The Labute approximate surface area is 96.1 Å². The van der Waals surface area contributed by atoms with Gasteiger partial charge in [0.15, 0.2) is 0 Å². The zero-order valence-corrected chi connectivity index (χ0v) is 8.95. The van der Waals surface area contributed by atoms with Crippen LogP contribution in [0.25, 0.3) is 21.8 Å². The first-order valence-corrected chi connectivity index (χ1v) is 5.19. The molecule has 2 aromatic heterocycles. The molecule has 0 spiro atoms. The fourth-order valence-electron chi connectivity index (χ4n) is 1.87. The van der Waals surface area contributed by atoms with Crippen LogP contribution >= 0.6 is 11.6 Å². The monoisotopic (exact) mass is 230 g/mol. The van der Waals surface area contributed by atoms with Gasteiger partial charge in [-0.3, -0.25) is 9.78 Å². The van der Waals surface area contributed by atoms with E-state index in [1.807, 2.05) is 12.1 Å². The minimum Gasteiger partial charge on any atom is -0.353 e. The fraction of sp³-hybridized carbons (Fsp3) is 0. The lowest BCUT2D eigenvalue weighted by Crippen LogP contribution is -1.86. The van der Waals surface area contributed by atoms with Crippen LogP contribution < -0.4 is 0 Å². The van der Waals surface area contributed by atoms with Gasteiger partial charge in [-0.1, -0.05) is 0 Å². The summed E-state index contributed by atoms with van der Waals surface area (Å²) in [6.07, 6.45) is 3.49. The number of hydrogen-bond acceptors (Lipinski definition) is 2. The Kier molecular flexibility index (Phi) is 1.94. The fourth-order valence-corrected chi connectivity index (χ4v) is 1.99. The maximum Gasteiger partial charge on any atom is 0.252 e. The van der Waals surface area contributed by atoms with E-state index < -0.39 is 5.24 Å². The number of aromatic nitrogens is 2. The van der Waals surface area contributed by atoms with Gasteiger partial charge in [-0.2, -0.15) is 0 Å². The summed E-state index contributed by atoms with van der Waals surface area (Å²) < 4.78 is 0. The van der Waals surface area contributed by atoms with Crippen LogP contribution in [-0.4, -0.2) is 15.2 Å². The molecule has 78 valence electrons. The summed E-state index contributed by atoms with van der Waals surface area (Å²) in [4.78, 5) is 18.4. The molecular formula is C12H7ClN2O. The lowest BCUT2D eigenvalue weighted by Gasteiger charge is -1.94. The number of pyridine rings is 1. The van der Waals surface area contributed by atoms with Crippen molar-refractivity contribution in [3.63, 3.8) is 0 Å². The molecule has 0 saturated carbocycles. The van der Waals surface area contributed by atoms with Crippen molar-refractivity contribution >= 4 is 38.6 Å². The van der Waals surface area contributed by atoms with Gasteiger partial charge < -0.3 is 4.98 Å². The molecular weight excluding hydrogens is 224 g/mol. The van der Waals surface area contributed by atoms with E-state index in [2.05, 4.69) is 9.97 Å². The van der Waals surface area contributed by atoms with Gasteiger partial charge >= 0.3 is 0 Å². The van der Waals surface area contributed by atoms with E-state index in [0.29, 0.717) is 5.56 Å². The Morgan fingerprint density at radius 2 is 2.06 bits per heavy atom. The van der Waals surface area contributed by atoms with E-state index in [-0.39, 0.29) is 0 Å². The number of carbonyl (C=O) groups is 1. The molecule has 0 unspecified atom stereocenters. The third-order valence-corrected chi connectivity index (χ3v) is 2.85. The molecule has 2 heterocycles. The van der Waals surface area contributed by atoms with Gasteiger partial charge in [0.25, 0.3) is 5.24 Å². The Balaban J connectivity index is 2.44. The molecule has 16 heavy (non-hydrogen) atoms. The predicted molar refractivity (Wildman–Crippen MR) is 63.8 cm³/mol. The summed E-state index contributed by atoms with van der Waals surface area (Å²) in [6.45, 7) is 0. The number of aromatic amines is 1. The predicted octanol–water partition coefficient (Wildman–Crippen LogP) is 3.10. The number of benzene rings is 1. The second-order valence-corrected chi connectivity index (χ2v) is 3.92. The third kappa shape index (κ3) is 1.29. The molecule has 3 aromatic rings. The highest BCUT2D eigenvalue weighted by Gasteiger charge is 2.07. The van der Waals surface area contributed by atoms with Crippen LogP contribution in [0.2, 0.25) is 0 Å². The summed E-state index contributed by atoms with van der Waals surface area (Å²) >= 11 is 5.46. The van der Waals surface area contributed by atoms with Gasteiger partial charge in [-0.05, 0) is 35.9 Å². The SMILES string of the molecule is O=C(Cl)c1ccc2[nH]c3cnccc3c2c1. The summed E-state index contributed by atoms with van der Waals surface area (Å²) in [5.41, 5.74) is 2.44. The topological polar surface area (TPSA) is 45.8 Å². The van der Waals surface area contributed by atoms with Crippen LogP contribution in [-0.2, 0) is 0 Å². The Morgan fingerprint density at radius 1 is 1.19 bits per heavy atom. The normalized spacial score (nSPS) is 11.1. The quantitative estimate of drug-likeness (QED) is 0.653. The average molecular weight is 231 g/mol. The lowest BCUT2D eigenvalue weighted by atomic mass is 10.1. The molecule has 1 N–H and O–H groups in total. The molecule has 0 saturated heterocycles. The Hall–Kier alpha value is -1.87. The number of nitrogens with zero attached hydrogens (tertiary/aromatic N) is 1. The average Bonchev–Trinajstić information content (AvgIpc) is 2.66. The Morgan fingerprint density at radius 3 is 2.88 bits per heavy atom. The third-order valence-electron chi connectivity index (χ3n) is 2.63. The number of nitrogens with one attached hydrogen (secondary N) is 1. The van der Waals surface area contributed by atoms with Crippen molar-refractivity contribution in [1.29, 1.82) is 0 Å². The van der Waals surface area contributed by atoms with Crippen molar-refractivity contribution < 1.29 is 4.79 Å². The minimum absolute atomic E-state index is 0.440. The molecule has 0 amide bonds. The summed E-state index contributed by atoms with van der Waals surface area (Å²) in [5, 5.41) is 1.60. The zero-order chi connectivity index (χ0) is 11.1. The van der Waals surface area contributed by atoms with Crippen LogP contribution in [0, 0.1) is 0 Å². The van der Waals surface area contributed by atoms with Crippen molar-refractivity contribution in [2.24, 2.45) is 0 Å². The van der Waals surface area contributed by atoms with E-state index in [9.17, 15) is 4.79 Å². The second kappa shape index (κ2) is 3.32. The first-order valence-electron chi connectivity index (χ1n) is 4.81. The van der Waals surface area contributed by atoms with Gasteiger partial charge in [0.2, 0.25) is 0 Å². The van der Waals surface area contributed by atoms with E-state index in [4.69, 9.17) is 11.6 Å². The maximum absolute atomic E-state index is 11.1. The number of hydrogen-bond donors (Lipinski definition) is 1. The molecule has 0 aliphatic carbocycles. The van der Waals surface area contributed by atoms with Gasteiger partial charge in [0, 0.05) is 28.0 Å². The molecule has 0 bridgehead atoms. The zero-order valence-electron chi connectivity index (χ0n) is 8.20.